The van der Waals surface area contributed by atoms with Gasteiger partial charge in [-0.2, -0.15) is 0 Å². The largest absolute Gasteiger partial charge is 0.305 e. The lowest BCUT2D eigenvalue weighted by atomic mass is 9.93. The van der Waals surface area contributed by atoms with Crippen LogP contribution in [0.25, 0.3) is 0 Å². The van der Waals surface area contributed by atoms with Crippen LogP contribution >= 0.6 is 0 Å². The predicted octanol–water partition coefficient (Wildman–Crippen LogP) is 3.44. The van der Waals surface area contributed by atoms with Gasteiger partial charge in [-0.1, -0.05) is 32.9 Å². The molecule has 1 nitrogen and oxygen atoms in total. The van der Waals surface area contributed by atoms with Gasteiger partial charge in [0.15, 0.2) is 0 Å². The average molecular weight is 219 g/mol. The molecule has 1 heteroatoms. The molecule has 1 aromatic rings. The van der Waals surface area contributed by atoms with Crippen LogP contribution in [0.2, 0.25) is 0 Å². The summed E-state index contributed by atoms with van der Waals surface area (Å²) in [5, 5.41) is 0. The molecule has 1 aromatic carbocycles. The Hall–Kier alpha value is -0.820. The van der Waals surface area contributed by atoms with Crippen LogP contribution in [0.3, 0.4) is 0 Å². The smallest absolute Gasteiger partial charge is 0.0233 e. The molecule has 0 aliphatic heterocycles. The second-order valence-corrected chi connectivity index (χ2v) is 4.69. The zero-order valence-corrected chi connectivity index (χ0v) is 11.4. The van der Waals surface area contributed by atoms with Gasteiger partial charge >= 0.3 is 0 Å². The molecular weight excluding hydrogens is 194 g/mol. The molecule has 0 atom stereocenters. The van der Waals surface area contributed by atoms with E-state index in [1.807, 2.05) is 0 Å². The highest BCUT2D eigenvalue weighted by Crippen LogP contribution is 2.21. The van der Waals surface area contributed by atoms with Crippen molar-refractivity contribution < 1.29 is 0 Å². The Bertz CT molecular complexity index is 314. The van der Waals surface area contributed by atoms with E-state index in [4.69, 9.17) is 0 Å². The molecule has 0 amide bonds. The van der Waals surface area contributed by atoms with Crippen molar-refractivity contribution in [3.8, 4) is 0 Å². The first kappa shape index (κ1) is 13.2. The van der Waals surface area contributed by atoms with Crippen molar-refractivity contribution in [2.24, 2.45) is 0 Å². The average Bonchev–Trinajstić information content (AvgIpc) is 2.28. The Labute approximate surface area is 100 Å². The zero-order valence-electron chi connectivity index (χ0n) is 11.4. The topological polar surface area (TPSA) is 3.24 Å². The number of hydrogen-bond donors (Lipinski definition) is 0. The van der Waals surface area contributed by atoms with Crippen LogP contribution in [0.4, 0.5) is 0 Å². The molecule has 0 N–H and O–H groups in total. The maximum atomic E-state index is 2.39. The van der Waals surface area contributed by atoms with Gasteiger partial charge in [-0.3, -0.25) is 0 Å². The van der Waals surface area contributed by atoms with Crippen molar-refractivity contribution >= 4 is 0 Å². The first-order valence-corrected chi connectivity index (χ1v) is 6.40. The summed E-state index contributed by atoms with van der Waals surface area (Å²) < 4.78 is 0. The molecule has 0 fully saturated rings. The van der Waals surface area contributed by atoms with Crippen LogP contribution in [0, 0.1) is 0 Å². The predicted molar refractivity (Wildman–Crippen MR) is 72.0 cm³/mol. The fourth-order valence-electron chi connectivity index (χ4n) is 2.22. The molecule has 0 heterocycles. The van der Waals surface area contributed by atoms with Gasteiger partial charge < -0.3 is 4.90 Å². The van der Waals surface area contributed by atoms with E-state index in [1.54, 1.807) is 5.56 Å². The zero-order chi connectivity index (χ0) is 12.1. The molecule has 0 radical (unpaired) electrons. The van der Waals surface area contributed by atoms with Crippen molar-refractivity contribution in [2.45, 2.75) is 46.6 Å². The Morgan fingerprint density at radius 2 is 1.38 bits per heavy atom. The Morgan fingerprint density at radius 3 is 1.69 bits per heavy atom. The van der Waals surface area contributed by atoms with E-state index in [0.29, 0.717) is 0 Å². The van der Waals surface area contributed by atoms with Crippen LogP contribution in [0.1, 0.15) is 43.0 Å². The molecule has 0 unspecified atom stereocenters. The number of nitrogens with zero attached hydrogens (tertiary/aromatic N) is 1. The van der Waals surface area contributed by atoms with Crippen molar-refractivity contribution in [3.05, 3.63) is 34.4 Å². The summed E-state index contributed by atoms with van der Waals surface area (Å²) in [6.45, 7) is 7.82. The van der Waals surface area contributed by atoms with Gasteiger partial charge in [-0.25, -0.2) is 0 Å². The standard InChI is InChI=1S/C15H25N/c1-6-12-9-13(7-2)15(11-16(4)5)14(8-3)10-12/h9-10H,6-8,11H2,1-5H3. The minimum atomic E-state index is 1.07. The van der Waals surface area contributed by atoms with Gasteiger partial charge in [0.05, 0.1) is 0 Å². The van der Waals surface area contributed by atoms with Gasteiger partial charge in [0.1, 0.15) is 0 Å². The third-order valence-electron chi connectivity index (χ3n) is 3.14. The maximum absolute atomic E-state index is 2.39. The molecule has 0 bridgehead atoms. The van der Waals surface area contributed by atoms with Crippen molar-refractivity contribution in [3.63, 3.8) is 0 Å². The Morgan fingerprint density at radius 1 is 0.875 bits per heavy atom. The molecule has 0 saturated carbocycles. The third-order valence-corrected chi connectivity index (χ3v) is 3.14. The lowest BCUT2D eigenvalue weighted by molar-refractivity contribution is 0.399. The van der Waals surface area contributed by atoms with Crippen molar-refractivity contribution in [1.29, 1.82) is 0 Å². The molecule has 0 spiro atoms. The number of benzene rings is 1. The summed E-state index contributed by atoms with van der Waals surface area (Å²) in [5.41, 5.74) is 6.10. The first-order valence-electron chi connectivity index (χ1n) is 6.40. The molecular formula is C15H25N. The van der Waals surface area contributed by atoms with Crippen LogP contribution in [-0.4, -0.2) is 19.0 Å². The molecule has 1 rings (SSSR count). The van der Waals surface area contributed by atoms with E-state index < -0.39 is 0 Å². The molecule has 0 aliphatic carbocycles. The van der Waals surface area contributed by atoms with Crippen LogP contribution in [0.15, 0.2) is 12.1 Å². The maximum Gasteiger partial charge on any atom is 0.0233 e. The highest BCUT2D eigenvalue weighted by atomic mass is 15.0. The normalized spacial score (nSPS) is 11.1. The molecule has 0 saturated heterocycles. The highest BCUT2D eigenvalue weighted by molar-refractivity contribution is 5.39. The summed E-state index contributed by atoms with van der Waals surface area (Å²) in [5.74, 6) is 0. The molecule has 16 heavy (non-hydrogen) atoms. The van der Waals surface area contributed by atoms with Gasteiger partial charge in [0.25, 0.3) is 0 Å². The fraction of sp³-hybridized carbons (Fsp3) is 0.600. The highest BCUT2D eigenvalue weighted by Gasteiger charge is 2.09. The SMILES string of the molecule is CCc1cc(CC)c(CN(C)C)c(CC)c1. The lowest BCUT2D eigenvalue weighted by Crippen LogP contribution is -2.14. The van der Waals surface area contributed by atoms with Gasteiger partial charge in [-0.05, 0) is 55.6 Å². The van der Waals surface area contributed by atoms with E-state index in [2.05, 4.69) is 51.9 Å². The van der Waals surface area contributed by atoms with Crippen LogP contribution < -0.4 is 0 Å². The number of aryl methyl sites for hydroxylation is 3. The van der Waals surface area contributed by atoms with Crippen LogP contribution in [0.5, 0.6) is 0 Å². The summed E-state index contributed by atoms with van der Waals surface area (Å²) in [7, 11) is 4.29. The second-order valence-electron chi connectivity index (χ2n) is 4.69. The summed E-state index contributed by atoms with van der Waals surface area (Å²) in [6.07, 6.45) is 3.43. The minimum Gasteiger partial charge on any atom is -0.305 e. The molecule has 0 aromatic heterocycles. The Balaban J connectivity index is 3.20. The van der Waals surface area contributed by atoms with Crippen molar-refractivity contribution in [1.82, 2.24) is 4.90 Å². The van der Waals surface area contributed by atoms with E-state index in [9.17, 15) is 0 Å². The lowest BCUT2D eigenvalue weighted by Gasteiger charge is -2.18. The first-order chi connectivity index (χ1) is 7.62. The minimum absolute atomic E-state index is 1.07. The van der Waals surface area contributed by atoms with Gasteiger partial charge in [0.2, 0.25) is 0 Å². The van der Waals surface area contributed by atoms with Crippen LogP contribution in [-0.2, 0) is 25.8 Å². The molecule has 0 aliphatic rings. The number of hydrogen-bond acceptors (Lipinski definition) is 1. The third kappa shape index (κ3) is 3.08. The Kier molecular flexibility index (Phi) is 5.01. The summed E-state index contributed by atoms with van der Waals surface area (Å²) >= 11 is 0. The van der Waals surface area contributed by atoms with Gasteiger partial charge in [-0.15, -0.1) is 0 Å². The summed E-state index contributed by atoms with van der Waals surface area (Å²) in [4.78, 5) is 2.26. The van der Waals surface area contributed by atoms with Crippen molar-refractivity contribution in [2.75, 3.05) is 14.1 Å². The monoisotopic (exact) mass is 219 g/mol. The van der Waals surface area contributed by atoms with E-state index in [1.165, 1.54) is 16.7 Å². The second kappa shape index (κ2) is 6.05. The van der Waals surface area contributed by atoms with E-state index in [-0.39, 0.29) is 0 Å². The molecule has 90 valence electrons. The number of rotatable bonds is 5. The van der Waals surface area contributed by atoms with Gasteiger partial charge in [0, 0.05) is 6.54 Å². The van der Waals surface area contributed by atoms with E-state index >= 15 is 0 Å². The summed E-state index contributed by atoms with van der Waals surface area (Å²) in [6, 6.07) is 4.77. The fourth-order valence-corrected chi connectivity index (χ4v) is 2.22. The van der Waals surface area contributed by atoms with E-state index in [0.717, 1.165) is 25.8 Å². The quantitative estimate of drug-likeness (QED) is 0.733.